The highest BCUT2D eigenvalue weighted by atomic mass is 19.4. The van der Waals surface area contributed by atoms with Crippen LogP contribution in [0.2, 0.25) is 0 Å². The second kappa shape index (κ2) is 5.92. The Kier molecular flexibility index (Phi) is 3.92. The molecule has 7 heteroatoms. The van der Waals surface area contributed by atoms with Crippen LogP contribution in [-0.2, 0) is 12.7 Å². The zero-order valence-corrected chi connectivity index (χ0v) is 12.5. The molecule has 3 aromatic rings. The standard InChI is InChI=1S/C17H14F3N3O/c18-17(19,20)12-6-4-11(5-7-12)10-23(16(21)24)15-3-1-2-14-13(15)8-9-22-14/h1-9,22H,10H2,(H2,21,24). The molecule has 0 aliphatic rings. The molecular formula is C17H14F3N3O. The Bertz CT molecular complexity index is 869. The van der Waals surface area contributed by atoms with Crippen LogP contribution < -0.4 is 10.6 Å². The normalized spacial score (nSPS) is 11.6. The van der Waals surface area contributed by atoms with Crippen molar-refractivity contribution in [2.24, 2.45) is 5.73 Å². The smallest absolute Gasteiger partial charge is 0.361 e. The highest BCUT2D eigenvalue weighted by Gasteiger charge is 2.30. The summed E-state index contributed by atoms with van der Waals surface area (Å²) in [6.45, 7) is 0.0811. The number of hydrogen-bond acceptors (Lipinski definition) is 1. The van der Waals surface area contributed by atoms with E-state index in [9.17, 15) is 18.0 Å². The fourth-order valence-corrected chi connectivity index (χ4v) is 2.57. The zero-order chi connectivity index (χ0) is 17.3. The van der Waals surface area contributed by atoms with Gasteiger partial charge in [0.05, 0.1) is 17.8 Å². The van der Waals surface area contributed by atoms with Crippen LogP contribution in [0.3, 0.4) is 0 Å². The first-order chi connectivity index (χ1) is 11.4. The van der Waals surface area contributed by atoms with Crippen LogP contribution in [0.4, 0.5) is 23.7 Å². The van der Waals surface area contributed by atoms with Gasteiger partial charge < -0.3 is 10.7 Å². The molecule has 4 nitrogen and oxygen atoms in total. The first-order valence-corrected chi connectivity index (χ1v) is 7.15. The van der Waals surface area contributed by atoms with E-state index in [0.717, 1.165) is 23.0 Å². The Labute approximate surface area is 135 Å². The van der Waals surface area contributed by atoms with Crippen molar-refractivity contribution in [3.05, 3.63) is 65.9 Å². The van der Waals surface area contributed by atoms with Crippen LogP contribution in [0.5, 0.6) is 0 Å². The number of hydrogen-bond donors (Lipinski definition) is 2. The number of anilines is 1. The molecule has 0 saturated carbocycles. The highest BCUT2D eigenvalue weighted by molar-refractivity contribution is 6.01. The number of H-pyrrole nitrogens is 1. The molecule has 0 unspecified atom stereocenters. The molecule has 3 N–H and O–H groups in total. The number of urea groups is 1. The van der Waals surface area contributed by atoms with Gasteiger partial charge in [-0.3, -0.25) is 4.90 Å². The van der Waals surface area contributed by atoms with Crippen molar-refractivity contribution >= 4 is 22.6 Å². The van der Waals surface area contributed by atoms with Gasteiger partial charge in [-0.25, -0.2) is 4.79 Å². The number of alkyl halides is 3. The third kappa shape index (κ3) is 3.05. The molecule has 0 saturated heterocycles. The fraction of sp³-hybridized carbons (Fsp3) is 0.118. The molecule has 0 atom stereocenters. The molecule has 0 bridgehead atoms. The van der Waals surface area contributed by atoms with Crippen LogP contribution in [-0.4, -0.2) is 11.0 Å². The van der Waals surface area contributed by atoms with E-state index in [1.165, 1.54) is 17.0 Å². The third-order valence-corrected chi connectivity index (χ3v) is 3.75. The minimum Gasteiger partial charge on any atom is -0.361 e. The molecule has 0 radical (unpaired) electrons. The van der Waals surface area contributed by atoms with Crippen molar-refractivity contribution in [2.75, 3.05) is 4.90 Å². The van der Waals surface area contributed by atoms with E-state index < -0.39 is 17.8 Å². The van der Waals surface area contributed by atoms with Crippen LogP contribution in [0.25, 0.3) is 10.9 Å². The van der Waals surface area contributed by atoms with Gasteiger partial charge in [-0.05, 0) is 35.9 Å². The number of fused-ring (bicyclic) bond motifs is 1. The second-order valence-electron chi connectivity index (χ2n) is 5.34. The Morgan fingerprint density at radius 1 is 1.08 bits per heavy atom. The molecule has 2 amide bonds. The van der Waals surface area contributed by atoms with E-state index in [1.807, 2.05) is 12.1 Å². The van der Waals surface area contributed by atoms with Crippen molar-refractivity contribution in [1.82, 2.24) is 4.98 Å². The number of primary amides is 1. The first kappa shape index (κ1) is 15.9. The van der Waals surface area contributed by atoms with Gasteiger partial charge in [-0.15, -0.1) is 0 Å². The van der Waals surface area contributed by atoms with Gasteiger partial charge in [0.25, 0.3) is 0 Å². The number of aromatic amines is 1. The van der Waals surface area contributed by atoms with Crippen molar-refractivity contribution in [1.29, 1.82) is 0 Å². The minimum atomic E-state index is -4.39. The maximum absolute atomic E-state index is 12.6. The minimum absolute atomic E-state index is 0.0811. The van der Waals surface area contributed by atoms with Crippen molar-refractivity contribution in [3.63, 3.8) is 0 Å². The number of carbonyl (C=O) groups is 1. The number of halogens is 3. The summed E-state index contributed by atoms with van der Waals surface area (Å²) < 4.78 is 37.9. The average Bonchev–Trinajstić information content (AvgIpc) is 3.00. The van der Waals surface area contributed by atoms with Gasteiger partial charge in [-0.1, -0.05) is 18.2 Å². The largest absolute Gasteiger partial charge is 0.416 e. The molecule has 1 heterocycles. The lowest BCUT2D eigenvalue weighted by atomic mass is 10.1. The van der Waals surface area contributed by atoms with Gasteiger partial charge in [0.2, 0.25) is 0 Å². The van der Waals surface area contributed by atoms with Crippen LogP contribution in [0.15, 0.2) is 54.7 Å². The average molecular weight is 333 g/mol. The van der Waals surface area contributed by atoms with E-state index in [0.29, 0.717) is 11.3 Å². The predicted molar refractivity (Wildman–Crippen MR) is 85.5 cm³/mol. The molecule has 24 heavy (non-hydrogen) atoms. The monoisotopic (exact) mass is 333 g/mol. The van der Waals surface area contributed by atoms with Crippen molar-refractivity contribution in [3.8, 4) is 0 Å². The Morgan fingerprint density at radius 3 is 2.42 bits per heavy atom. The molecule has 0 fully saturated rings. The lowest BCUT2D eigenvalue weighted by Gasteiger charge is -2.22. The van der Waals surface area contributed by atoms with E-state index >= 15 is 0 Å². The second-order valence-corrected chi connectivity index (χ2v) is 5.34. The van der Waals surface area contributed by atoms with Crippen molar-refractivity contribution < 1.29 is 18.0 Å². The number of nitrogens with zero attached hydrogens (tertiary/aromatic N) is 1. The summed E-state index contributed by atoms with van der Waals surface area (Å²) in [5.74, 6) is 0. The lowest BCUT2D eigenvalue weighted by molar-refractivity contribution is -0.137. The Morgan fingerprint density at radius 2 is 1.79 bits per heavy atom. The van der Waals surface area contributed by atoms with Crippen molar-refractivity contribution in [2.45, 2.75) is 12.7 Å². The maximum atomic E-state index is 12.6. The van der Waals surface area contributed by atoms with E-state index in [4.69, 9.17) is 5.73 Å². The summed E-state index contributed by atoms with van der Waals surface area (Å²) in [7, 11) is 0. The molecule has 0 aliphatic carbocycles. The molecular weight excluding hydrogens is 319 g/mol. The molecule has 0 aliphatic heterocycles. The predicted octanol–water partition coefficient (Wildman–Crippen LogP) is 4.27. The summed E-state index contributed by atoms with van der Waals surface area (Å²) in [5, 5.41) is 0.809. The Hall–Kier alpha value is -2.96. The van der Waals surface area contributed by atoms with Crippen LogP contribution in [0, 0.1) is 0 Å². The zero-order valence-electron chi connectivity index (χ0n) is 12.5. The topological polar surface area (TPSA) is 62.1 Å². The maximum Gasteiger partial charge on any atom is 0.416 e. The Balaban J connectivity index is 1.93. The van der Waals surface area contributed by atoms with Gasteiger partial charge in [0, 0.05) is 17.1 Å². The van der Waals surface area contributed by atoms with E-state index in [1.54, 1.807) is 18.3 Å². The fourth-order valence-electron chi connectivity index (χ4n) is 2.57. The summed E-state index contributed by atoms with van der Waals surface area (Å²) in [5.41, 5.74) is 6.73. The number of aromatic nitrogens is 1. The summed E-state index contributed by atoms with van der Waals surface area (Å²) >= 11 is 0. The number of nitrogens with two attached hydrogens (primary N) is 1. The SMILES string of the molecule is NC(=O)N(Cc1ccc(C(F)(F)F)cc1)c1cccc2[nH]ccc12. The third-order valence-electron chi connectivity index (χ3n) is 3.75. The van der Waals surface area contributed by atoms with Gasteiger partial charge >= 0.3 is 12.2 Å². The van der Waals surface area contributed by atoms with E-state index in [2.05, 4.69) is 4.98 Å². The number of amides is 2. The summed E-state index contributed by atoms with van der Waals surface area (Å²) in [6.07, 6.45) is -2.65. The number of benzene rings is 2. The van der Waals surface area contributed by atoms with Crippen LogP contribution >= 0.6 is 0 Å². The molecule has 0 spiro atoms. The number of rotatable bonds is 3. The van der Waals surface area contributed by atoms with Gasteiger partial charge in [0.1, 0.15) is 0 Å². The quantitative estimate of drug-likeness (QED) is 0.739. The first-order valence-electron chi connectivity index (χ1n) is 7.15. The van der Waals surface area contributed by atoms with E-state index in [-0.39, 0.29) is 6.54 Å². The summed E-state index contributed by atoms with van der Waals surface area (Å²) in [6, 6.07) is 11.2. The molecule has 3 rings (SSSR count). The number of carbonyl (C=O) groups excluding carboxylic acids is 1. The lowest BCUT2D eigenvalue weighted by Crippen LogP contribution is -2.35. The highest BCUT2D eigenvalue weighted by Crippen LogP contribution is 2.30. The molecule has 1 aromatic heterocycles. The van der Waals surface area contributed by atoms with Gasteiger partial charge in [-0.2, -0.15) is 13.2 Å². The molecule has 124 valence electrons. The molecule has 2 aromatic carbocycles. The van der Waals surface area contributed by atoms with Gasteiger partial charge in [0.15, 0.2) is 0 Å². The number of nitrogens with one attached hydrogen (secondary N) is 1. The van der Waals surface area contributed by atoms with Crippen LogP contribution in [0.1, 0.15) is 11.1 Å². The summed E-state index contributed by atoms with van der Waals surface area (Å²) in [4.78, 5) is 16.2.